The molecule has 7 atom stereocenters. The Morgan fingerprint density at radius 1 is 1.06 bits per heavy atom. The maximum absolute atomic E-state index is 10.8. The van der Waals surface area contributed by atoms with E-state index in [1.807, 2.05) is 4.90 Å². The Morgan fingerprint density at radius 3 is 2.79 bits per heavy atom. The van der Waals surface area contributed by atoms with Crippen LogP contribution in [0.2, 0.25) is 0 Å². The van der Waals surface area contributed by atoms with Crippen molar-refractivity contribution >= 4 is 10.9 Å². The SMILES string of the molecule is C[C@@H]1[C@H]2CC3CCC4C=CC=CC4n4c3c(c3ccccc34)CCN(C#N)C[C@@H]2CC[C@@H]1O. The summed E-state index contributed by atoms with van der Waals surface area (Å²) in [6.45, 7) is 3.88. The van der Waals surface area contributed by atoms with Gasteiger partial charge < -0.3 is 14.6 Å². The van der Waals surface area contributed by atoms with Crippen LogP contribution in [0.3, 0.4) is 0 Å². The molecular formula is C29H35N3O. The van der Waals surface area contributed by atoms with E-state index in [0.29, 0.717) is 29.7 Å². The van der Waals surface area contributed by atoms with Crippen LogP contribution in [0.25, 0.3) is 10.9 Å². The summed E-state index contributed by atoms with van der Waals surface area (Å²) in [5.41, 5.74) is 4.33. The predicted octanol–water partition coefficient (Wildman–Crippen LogP) is 5.55. The second kappa shape index (κ2) is 8.37. The molecule has 4 aliphatic rings. The number of nitriles is 1. The lowest BCUT2D eigenvalue weighted by Gasteiger charge is -2.43. The van der Waals surface area contributed by atoms with Gasteiger partial charge in [0, 0.05) is 35.6 Å². The van der Waals surface area contributed by atoms with E-state index in [2.05, 4.69) is 66.3 Å². The molecule has 3 unspecified atom stereocenters. The van der Waals surface area contributed by atoms with Crippen molar-refractivity contribution in [2.24, 2.45) is 23.7 Å². The molecule has 0 radical (unpaired) electrons. The normalized spacial score (nSPS) is 35.8. The van der Waals surface area contributed by atoms with Gasteiger partial charge in [-0.05, 0) is 73.8 Å². The smallest absolute Gasteiger partial charge is 0.179 e. The summed E-state index contributed by atoms with van der Waals surface area (Å²) in [4.78, 5) is 2.00. The Labute approximate surface area is 197 Å². The average molecular weight is 442 g/mol. The topological polar surface area (TPSA) is 52.2 Å². The average Bonchev–Trinajstić information content (AvgIpc) is 3.07. The first-order chi connectivity index (χ1) is 16.2. The van der Waals surface area contributed by atoms with Crippen LogP contribution < -0.4 is 0 Å². The molecule has 1 saturated carbocycles. The van der Waals surface area contributed by atoms with Gasteiger partial charge in [0.2, 0.25) is 0 Å². The number of nitrogens with zero attached hydrogens (tertiary/aromatic N) is 3. The summed E-state index contributed by atoms with van der Waals surface area (Å²) in [6.07, 6.45) is 17.9. The molecule has 3 heterocycles. The van der Waals surface area contributed by atoms with Crippen molar-refractivity contribution in [1.82, 2.24) is 9.47 Å². The molecule has 0 amide bonds. The summed E-state index contributed by atoms with van der Waals surface area (Å²) >= 11 is 0. The molecule has 1 aromatic carbocycles. The van der Waals surface area contributed by atoms with E-state index in [1.54, 1.807) is 0 Å². The summed E-state index contributed by atoms with van der Waals surface area (Å²) in [6, 6.07) is 9.29. The number of allylic oxidation sites excluding steroid dienone is 4. The third kappa shape index (κ3) is 3.44. The molecular weight excluding hydrogens is 406 g/mol. The van der Waals surface area contributed by atoms with Gasteiger partial charge in [-0.1, -0.05) is 49.4 Å². The molecule has 33 heavy (non-hydrogen) atoms. The van der Waals surface area contributed by atoms with Crippen molar-refractivity contribution in [3.63, 3.8) is 0 Å². The van der Waals surface area contributed by atoms with Crippen molar-refractivity contribution in [1.29, 1.82) is 5.26 Å². The van der Waals surface area contributed by atoms with E-state index in [1.165, 1.54) is 35.0 Å². The lowest BCUT2D eigenvalue weighted by atomic mass is 9.66. The van der Waals surface area contributed by atoms with Gasteiger partial charge in [0.25, 0.3) is 0 Å². The highest BCUT2D eigenvalue weighted by Gasteiger charge is 2.41. The van der Waals surface area contributed by atoms with E-state index in [0.717, 1.165) is 38.8 Å². The molecule has 4 nitrogen and oxygen atoms in total. The molecule has 172 valence electrons. The molecule has 2 aromatic rings. The summed E-state index contributed by atoms with van der Waals surface area (Å²) in [5.74, 6) is 2.28. The molecule has 4 heteroatoms. The van der Waals surface area contributed by atoms with Gasteiger partial charge in [0.15, 0.2) is 6.19 Å². The number of benzene rings is 1. The number of aliphatic hydroxyl groups is 1. The summed E-state index contributed by atoms with van der Waals surface area (Å²) in [5, 5.41) is 22.1. The number of hydrogen-bond donors (Lipinski definition) is 1. The van der Waals surface area contributed by atoms with E-state index in [4.69, 9.17) is 0 Å². The van der Waals surface area contributed by atoms with Gasteiger partial charge in [-0.3, -0.25) is 0 Å². The summed E-state index contributed by atoms with van der Waals surface area (Å²) in [7, 11) is 0. The van der Waals surface area contributed by atoms with Gasteiger partial charge in [-0.2, -0.15) is 5.26 Å². The molecule has 0 bridgehead atoms. The number of fused-ring (bicyclic) bond motifs is 6. The Morgan fingerprint density at radius 2 is 1.91 bits per heavy atom. The fraction of sp³-hybridized carbons (Fsp3) is 0.552. The van der Waals surface area contributed by atoms with Gasteiger partial charge in [-0.25, -0.2) is 0 Å². The zero-order valence-electron chi connectivity index (χ0n) is 19.6. The highest BCUT2D eigenvalue weighted by atomic mass is 16.3. The van der Waals surface area contributed by atoms with Crippen molar-refractivity contribution in [2.45, 2.75) is 63.5 Å². The molecule has 2 aliphatic carbocycles. The van der Waals surface area contributed by atoms with Crippen molar-refractivity contribution in [2.75, 3.05) is 13.1 Å². The molecule has 1 fully saturated rings. The van der Waals surface area contributed by atoms with Crippen LogP contribution in [0, 0.1) is 35.1 Å². The molecule has 0 saturated heterocycles. The minimum absolute atomic E-state index is 0.214. The summed E-state index contributed by atoms with van der Waals surface area (Å²) < 4.78 is 2.67. The zero-order valence-corrected chi connectivity index (χ0v) is 19.6. The second-order valence-electron chi connectivity index (χ2n) is 10.9. The van der Waals surface area contributed by atoms with Gasteiger partial charge in [0.1, 0.15) is 0 Å². The Kier molecular flexibility index (Phi) is 5.34. The second-order valence-corrected chi connectivity index (χ2v) is 10.9. The van der Waals surface area contributed by atoms with E-state index >= 15 is 0 Å². The van der Waals surface area contributed by atoms with Gasteiger partial charge in [-0.15, -0.1) is 0 Å². The lowest BCUT2D eigenvalue weighted by Crippen LogP contribution is -2.42. The van der Waals surface area contributed by atoms with Crippen LogP contribution in [-0.2, 0) is 6.42 Å². The third-order valence-electron chi connectivity index (χ3n) is 9.31. The first-order valence-corrected chi connectivity index (χ1v) is 12.9. The van der Waals surface area contributed by atoms with Gasteiger partial charge in [0.05, 0.1) is 12.1 Å². The van der Waals surface area contributed by atoms with Crippen LogP contribution in [0.1, 0.15) is 62.2 Å². The molecule has 1 N–H and O–H groups in total. The van der Waals surface area contributed by atoms with Gasteiger partial charge >= 0.3 is 0 Å². The number of para-hydroxylation sites is 1. The number of hydrogen-bond acceptors (Lipinski definition) is 3. The molecule has 6 rings (SSSR count). The fourth-order valence-corrected chi connectivity index (χ4v) is 7.58. The molecule has 1 aromatic heterocycles. The highest BCUT2D eigenvalue weighted by Crippen LogP contribution is 2.49. The minimum atomic E-state index is -0.214. The highest BCUT2D eigenvalue weighted by molar-refractivity contribution is 5.86. The van der Waals surface area contributed by atoms with Crippen LogP contribution in [0.4, 0.5) is 0 Å². The van der Waals surface area contributed by atoms with E-state index < -0.39 is 0 Å². The van der Waals surface area contributed by atoms with Crippen molar-refractivity contribution < 1.29 is 5.11 Å². The number of rotatable bonds is 0. The zero-order chi connectivity index (χ0) is 22.5. The standard InChI is InChI=1S/C29H35N3O/c1-19-25-16-21-11-10-20-6-2-4-8-26(20)32-27-9-5-3-7-23(27)24(29(21)32)14-15-31(18-30)17-22(25)12-13-28(19)33/h2-9,19-22,25-26,28,33H,10-17H2,1H3/t19-,20?,21?,22+,25-,26?,28+/m1/s1. The minimum Gasteiger partial charge on any atom is -0.393 e. The van der Waals surface area contributed by atoms with E-state index in [-0.39, 0.29) is 12.0 Å². The first kappa shape index (κ1) is 21.1. The Balaban J connectivity index is 1.55. The monoisotopic (exact) mass is 441 g/mol. The number of aliphatic hydroxyl groups excluding tert-OH is 1. The Hall–Kier alpha value is -2.51. The predicted molar refractivity (Wildman–Crippen MR) is 132 cm³/mol. The van der Waals surface area contributed by atoms with Crippen LogP contribution in [0.15, 0.2) is 48.6 Å². The van der Waals surface area contributed by atoms with Crippen molar-refractivity contribution in [3.05, 3.63) is 59.8 Å². The Bertz CT molecular complexity index is 1140. The van der Waals surface area contributed by atoms with E-state index in [9.17, 15) is 10.4 Å². The molecule has 2 aliphatic heterocycles. The fourth-order valence-electron chi connectivity index (χ4n) is 7.58. The lowest BCUT2D eigenvalue weighted by molar-refractivity contribution is -0.00228. The quantitative estimate of drug-likeness (QED) is 0.545. The molecule has 0 spiro atoms. The largest absolute Gasteiger partial charge is 0.393 e. The number of aromatic nitrogens is 1. The maximum Gasteiger partial charge on any atom is 0.179 e. The maximum atomic E-state index is 10.8. The van der Waals surface area contributed by atoms with Crippen LogP contribution in [-0.4, -0.2) is 33.8 Å². The van der Waals surface area contributed by atoms with Crippen LogP contribution in [0.5, 0.6) is 0 Å². The third-order valence-corrected chi connectivity index (χ3v) is 9.31. The van der Waals surface area contributed by atoms with Crippen molar-refractivity contribution in [3.8, 4) is 6.19 Å². The van der Waals surface area contributed by atoms with Crippen LogP contribution >= 0.6 is 0 Å². The first-order valence-electron chi connectivity index (χ1n) is 12.9.